The molecular weight excluding hydrogens is 246 g/mol. The van der Waals surface area contributed by atoms with Gasteiger partial charge in [0.25, 0.3) is 0 Å². The Morgan fingerprint density at radius 3 is 2.50 bits per heavy atom. The lowest BCUT2D eigenvalue weighted by atomic mass is 9.98. The largest absolute Gasteiger partial charge is 0.235 e. The van der Waals surface area contributed by atoms with E-state index >= 15 is 0 Å². The summed E-state index contributed by atoms with van der Waals surface area (Å²) in [5.41, 5.74) is 4.83. The summed E-state index contributed by atoms with van der Waals surface area (Å²) in [6, 6.07) is 5.97. The van der Waals surface area contributed by atoms with Crippen molar-refractivity contribution in [3.8, 4) is 17.5 Å². The van der Waals surface area contributed by atoms with Gasteiger partial charge in [0.2, 0.25) is 0 Å². The van der Waals surface area contributed by atoms with Gasteiger partial charge >= 0.3 is 0 Å². The fraction of sp³-hybridized carbons (Fsp3) is 0.214. The molecule has 0 aliphatic heterocycles. The summed E-state index contributed by atoms with van der Waals surface area (Å²) in [6.07, 6.45) is 1.46. The van der Waals surface area contributed by atoms with Gasteiger partial charge in [-0.1, -0.05) is 23.7 Å². The monoisotopic (exact) mass is 257 g/mol. The van der Waals surface area contributed by atoms with E-state index in [0.29, 0.717) is 11.4 Å². The second-order valence-electron chi connectivity index (χ2n) is 4.19. The minimum Gasteiger partial charge on any atom is -0.235 e. The van der Waals surface area contributed by atoms with Crippen molar-refractivity contribution in [1.29, 1.82) is 5.26 Å². The van der Waals surface area contributed by atoms with Crippen molar-refractivity contribution in [3.05, 3.63) is 45.7 Å². The molecule has 2 aromatic rings. The summed E-state index contributed by atoms with van der Waals surface area (Å²) in [5.74, 6) is 0.555. The van der Waals surface area contributed by atoms with Crippen LogP contribution in [0, 0.1) is 32.1 Å². The second kappa shape index (κ2) is 4.75. The van der Waals surface area contributed by atoms with Crippen molar-refractivity contribution in [3.63, 3.8) is 0 Å². The smallest absolute Gasteiger partial charge is 0.161 e. The zero-order chi connectivity index (χ0) is 13.3. The number of hydrogen-bond donors (Lipinski definition) is 0. The van der Waals surface area contributed by atoms with E-state index in [1.54, 1.807) is 0 Å². The van der Waals surface area contributed by atoms with Crippen LogP contribution in [0.4, 0.5) is 0 Å². The third-order valence-electron chi connectivity index (χ3n) is 3.16. The first kappa shape index (κ1) is 12.5. The average Bonchev–Trinajstić information content (AvgIpc) is 2.36. The highest BCUT2D eigenvalue weighted by Gasteiger charge is 2.10. The van der Waals surface area contributed by atoms with Gasteiger partial charge in [0.15, 0.2) is 11.0 Å². The number of nitrogens with zero attached hydrogens (tertiary/aromatic N) is 3. The van der Waals surface area contributed by atoms with Crippen LogP contribution in [-0.4, -0.2) is 9.97 Å². The van der Waals surface area contributed by atoms with Crippen LogP contribution in [0.25, 0.3) is 11.4 Å². The zero-order valence-corrected chi connectivity index (χ0v) is 11.2. The number of rotatable bonds is 1. The molecule has 0 N–H and O–H groups in total. The predicted octanol–water partition coefficient (Wildman–Crippen LogP) is 3.59. The molecule has 0 radical (unpaired) electrons. The van der Waals surface area contributed by atoms with Gasteiger partial charge in [0.1, 0.15) is 11.6 Å². The number of halogens is 1. The molecule has 0 fully saturated rings. The molecule has 2 rings (SSSR count). The van der Waals surface area contributed by atoms with Gasteiger partial charge in [0.05, 0.1) is 6.20 Å². The van der Waals surface area contributed by atoms with Crippen LogP contribution in [0.1, 0.15) is 22.3 Å². The minimum atomic E-state index is 0.195. The molecule has 4 heteroatoms. The lowest BCUT2D eigenvalue weighted by molar-refractivity contribution is 1.14. The summed E-state index contributed by atoms with van der Waals surface area (Å²) in [6.45, 7) is 6.17. The Kier molecular flexibility index (Phi) is 3.31. The fourth-order valence-electron chi connectivity index (χ4n) is 1.76. The van der Waals surface area contributed by atoms with E-state index in [1.165, 1.54) is 17.3 Å². The van der Waals surface area contributed by atoms with Crippen LogP contribution in [-0.2, 0) is 0 Å². The lowest BCUT2D eigenvalue weighted by Gasteiger charge is -2.10. The molecule has 3 nitrogen and oxygen atoms in total. The van der Waals surface area contributed by atoms with Crippen molar-refractivity contribution in [2.75, 3.05) is 0 Å². The third-order valence-corrected chi connectivity index (χ3v) is 3.45. The van der Waals surface area contributed by atoms with E-state index in [2.05, 4.69) is 23.8 Å². The highest BCUT2D eigenvalue weighted by molar-refractivity contribution is 6.30. The van der Waals surface area contributed by atoms with E-state index in [1.807, 2.05) is 25.1 Å². The van der Waals surface area contributed by atoms with E-state index in [9.17, 15) is 0 Å². The van der Waals surface area contributed by atoms with Gasteiger partial charge in [-0.2, -0.15) is 5.26 Å². The number of nitriles is 1. The van der Waals surface area contributed by atoms with Crippen molar-refractivity contribution in [2.45, 2.75) is 20.8 Å². The highest BCUT2D eigenvalue weighted by atomic mass is 35.5. The maximum absolute atomic E-state index is 8.80. The first-order valence-corrected chi connectivity index (χ1v) is 5.92. The van der Waals surface area contributed by atoms with Gasteiger partial charge in [-0.05, 0) is 37.5 Å². The van der Waals surface area contributed by atoms with Crippen LogP contribution in [0.15, 0.2) is 18.3 Å². The van der Waals surface area contributed by atoms with Crippen molar-refractivity contribution < 1.29 is 0 Å². The Labute approximate surface area is 111 Å². The molecule has 0 unspecified atom stereocenters. The Bertz CT molecular complexity index is 657. The SMILES string of the molecule is Cc1ccc(-c2ncc(C#N)c(Cl)n2)c(C)c1C. The lowest BCUT2D eigenvalue weighted by Crippen LogP contribution is -1.96. The van der Waals surface area contributed by atoms with Crippen LogP contribution < -0.4 is 0 Å². The molecule has 0 aliphatic carbocycles. The molecule has 90 valence electrons. The first-order chi connectivity index (χ1) is 8.54. The number of hydrogen-bond acceptors (Lipinski definition) is 3. The van der Waals surface area contributed by atoms with E-state index in [0.717, 1.165) is 11.1 Å². The molecule has 0 atom stereocenters. The van der Waals surface area contributed by atoms with Gasteiger partial charge in [-0.25, -0.2) is 9.97 Å². The van der Waals surface area contributed by atoms with Crippen molar-refractivity contribution >= 4 is 11.6 Å². The zero-order valence-electron chi connectivity index (χ0n) is 10.5. The van der Waals surface area contributed by atoms with E-state index in [4.69, 9.17) is 16.9 Å². The molecule has 1 aromatic heterocycles. The topological polar surface area (TPSA) is 49.6 Å². The van der Waals surface area contributed by atoms with Crippen molar-refractivity contribution in [1.82, 2.24) is 9.97 Å². The summed E-state index contributed by atoms with van der Waals surface area (Å²) >= 11 is 5.93. The maximum atomic E-state index is 8.80. The number of aromatic nitrogens is 2. The maximum Gasteiger partial charge on any atom is 0.161 e. The van der Waals surface area contributed by atoms with E-state index in [-0.39, 0.29) is 5.15 Å². The summed E-state index contributed by atoms with van der Waals surface area (Å²) in [5, 5.41) is 9.00. The number of benzene rings is 1. The van der Waals surface area contributed by atoms with Gasteiger partial charge in [-0.15, -0.1) is 0 Å². The average molecular weight is 258 g/mol. The van der Waals surface area contributed by atoms with Gasteiger partial charge in [0, 0.05) is 5.56 Å². The molecule has 1 heterocycles. The Morgan fingerprint density at radius 2 is 1.89 bits per heavy atom. The van der Waals surface area contributed by atoms with Gasteiger partial charge in [-0.3, -0.25) is 0 Å². The molecule has 0 saturated heterocycles. The molecule has 0 saturated carbocycles. The Balaban J connectivity index is 2.60. The van der Waals surface area contributed by atoms with Crippen molar-refractivity contribution in [2.24, 2.45) is 0 Å². The molecule has 0 aliphatic rings. The van der Waals surface area contributed by atoms with Crippen LogP contribution in [0.3, 0.4) is 0 Å². The van der Waals surface area contributed by atoms with Crippen LogP contribution >= 0.6 is 11.6 Å². The fourth-order valence-corrected chi connectivity index (χ4v) is 1.94. The standard InChI is InChI=1S/C14H12ClN3/c1-8-4-5-12(10(3)9(8)2)14-17-7-11(6-16)13(15)18-14/h4-5,7H,1-3H3. The minimum absolute atomic E-state index is 0.195. The molecule has 1 aromatic carbocycles. The molecule has 18 heavy (non-hydrogen) atoms. The normalized spacial score (nSPS) is 10.2. The Morgan fingerprint density at radius 1 is 1.17 bits per heavy atom. The third kappa shape index (κ3) is 2.07. The Hall–Kier alpha value is -1.92. The van der Waals surface area contributed by atoms with Crippen LogP contribution in [0.2, 0.25) is 5.15 Å². The summed E-state index contributed by atoms with van der Waals surface area (Å²) in [4.78, 5) is 8.37. The highest BCUT2D eigenvalue weighted by Crippen LogP contribution is 2.26. The summed E-state index contributed by atoms with van der Waals surface area (Å²) < 4.78 is 0. The molecular formula is C14H12ClN3. The van der Waals surface area contributed by atoms with Crippen LogP contribution in [0.5, 0.6) is 0 Å². The van der Waals surface area contributed by atoms with E-state index < -0.39 is 0 Å². The quantitative estimate of drug-likeness (QED) is 0.734. The number of aryl methyl sites for hydroxylation is 1. The molecule has 0 spiro atoms. The second-order valence-corrected chi connectivity index (χ2v) is 4.55. The predicted molar refractivity (Wildman–Crippen MR) is 71.4 cm³/mol. The van der Waals surface area contributed by atoms with Gasteiger partial charge < -0.3 is 0 Å². The first-order valence-electron chi connectivity index (χ1n) is 5.54. The molecule has 0 bridgehead atoms. The molecule has 0 amide bonds. The summed E-state index contributed by atoms with van der Waals surface area (Å²) in [7, 11) is 0.